The molecule has 0 aromatic rings. The minimum Gasteiger partial charge on any atom is -0.432 e. The predicted molar refractivity (Wildman–Crippen MR) is 105 cm³/mol. The molecule has 2 nitrogen and oxygen atoms in total. The summed E-state index contributed by atoms with van der Waals surface area (Å²) in [6.45, 7) is 3.11. The van der Waals surface area contributed by atoms with Gasteiger partial charge < -0.3 is 9.53 Å². The van der Waals surface area contributed by atoms with Gasteiger partial charge in [-0.3, -0.25) is 0 Å². The summed E-state index contributed by atoms with van der Waals surface area (Å²) in [6.07, 6.45) is 18.2. The number of hydrogen-bond donors (Lipinski definition) is 2. The first-order valence-electron chi connectivity index (χ1n) is 9.68. The standard InChI is InChI=1S/C18H40O2SSi/c1-2-3-4-5-6-7-8-9-10-11-12-13-15-20-18-22(19)17-14-16-21/h19,21-22H,2-18H2,1H3. The van der Waals surface area contributed by atoms with E-state index in [-0.39, 0.29) is 0 Å². The lowest BCUT2D eigenvalue weighted by molar-refractivity contribution is 0.161. The van der Waals surface area contributed by atoms with E-state index in [4.69, 9.17) is 4.74 Å². The number of hydrogen-bond acceptors (Lipinski definition) is 3. The lowest BCUT2D eigenvalue weighted by atomic mass is 10.1. The molecule has 0 spiro atoms. The second kappa shape index (κ2) is 19.5. The van der Waals surface area contributed by atoms with E-state index in [1.807, 2.05) is 0 Å². The lowest BCUT2D eigenvalue weighted by Crippen LogP contribution is -2.21. The fourth-order valence-electron chi connectivity index (χ4n) is 2.67. The van der Waals surface area contributed by atoms with Crippen LogP contribution in [0.2, 0.25) is 6.04 Å². The van der Waals surface area contributed by atoms with Crippen LogP contribution in [0, 0.1) is 0 Å². The SMILES string of the molecule is CCCCCCCCCCCCCCOC[SiH](O)CCCS. The van der Waals surface area contributed by atoms with Gasteiger partial charge in [0.1, 0.15) is 0 Å². The third-order valence-corrected chi connectivity index (χ3v) is 6.16. The molecule has 0 fully saturated rings. The van der Waals surface area contributed by atoms with E-state index in [9.17, 15) is 4.80 Å². The third-order valence-electron chi connectivity index (χ3n) is 4.15. The van der Waals surface area contributed by atoms with E-state index in [0.717, 1.165) is 31.2 Å². The topological polar surface area (TPSA) is 29.5 Å². The Bertz CT molecular complexity index is 206. The molecule has 0 aliphatic carbocycles. The summed E-state index contributed by atoms with van der Waals surface area (Å²) in [5.74, 6) is 0.878. The van der Waals surface area contributed by atoms with Gasteiger partial charge in [-0.1, -0.05) is 77.6 Å². The van der Waals surface area contributed by atoms with Gasteiger partial charge >= 0.3 is 0 Å². The molecule has 0 bridgehead atoms. The summed E-state index contributed by atoms with van der Waals surface area (Å²) < 4.78 is 5.57. The van der Waals surface area contributed by atoms with Gasteiger partial charge in [-0.25, -0.2) is 0 Å². The molecule has 0 heterocycles. The summed E-state index contributed by atoms with van der Waals surface area (Å²) in [4.78, 5) is 9.75. The molecule has 1 unspecified atom stereocenters. The fraction of sp³-hybridized carbons (Fsp3) is 1.00. The monoisotopic (exact) mass is 348 g/mol. The van der Waals surface area contributed by atoms with E-state index < -0.39 is 9.04 Å². The van der Waals surface area contributed by atoms with Crippen LogP contribution in [0.25, 0.3) is 0 Å². The van der Waals surface area contributed by atoms with Gasteiger partial charge in [-0.2, -0.15) is 12.6 Å². The Morgan fingerprint density at radius 2 is 1.27 bits per heavy atom. The lowest BCUT2D eigenvalue weighted by Gasteiger charge is -2.08. The Labute approximate surface area is 146 Å². The zero-order chi connectivity index (χ0) is 16.3. The minimum atomic E-state index is -1.58. The summed E-state index contributed by atoms with van der Waals surface area (Å²) in [5.41, 5.74) is 0. The minimum absolute atomic E-state index is 0.631. The molecule has 0 saturated heterocycles. The highest BCUT2D eigenvalue weighted by molar-refractivity contribution is 7.80. The number of unbranched alkanes of at least 4 members (excludes halogenated alkanes) is 11. The molecule has 0 saturated carbocycles. The van der Waals surface area contributed by atoms with Crippen LogP contribution in [0.1, 0.15) is 90.4 Å². The Hall–Kier alpha value is 0.487. The Balaban J connectivity index is 3.02. The number of rotatable bonds is 18. The van der Waals surface area contributed by atoms with Crippen LogP contribution in [0.15, 0.2) is 0 Å². The molecule has 1 N–H and O–H groups in total. The van der Waals surface area contributed by atoms with Crippen LogP contribution < -0.4 is 0 Å². The quantitative estimate of drug-likeness (QED) is 0.200. The molecular formula is C18H40O2SSi. The van der Waals surface area contributed by atoms with Crippen molar-refractivity contribution in [1.82, 2.24) is 0 Å². The molecule has 134 valence electrons. The average Bonchev–Trinajstić information content (AvgIpc) is 2.53. The second-order valence-corrected chi connectivity index (χ2v) is 9.15. The maximum atomic E-state index is 9.75. The van der Waals surface area contributed by atoms with Crippen molar-refractivity contribution < 1.29 is 9.53 Å². The van der Waals surface area contributed by atoms with Crippen molar-refractivity contribution in [3.05, 3.63) is 0 Å². The zero-order valence-corrected chi connectivity index (χ0v) is 16.9. The van der Waals surface area contributed by atoms with Crippen LogP contribution in [-0.2, 0) is 4.74 Å². The molecular weight excluding hydrogens is 308 g/mol. The highest BCUT2D eigenvalue weighted by atomic mass is 32.1. The second-order valence-electron chi connectivity index (χ2n) is 6.48. The Morgan fingerprint density at radius 3 is 1.77 bits per heavy atom. The van der Waals surface area contributed by atoms with Crippen LogP contribution in [0.5, 0.6) is 0 Å². The first-order valence-corrected chi connectivity index (χ1v) is 12.5. The van der Waals surface area contributed by atoms with Gasteiger partial charge in [0.2, 0.25) is 0 Å². The van der Waals surface area contributed by atoms with Crippen LogP contribution >= 0.6 is 12.6 Å². The molecule has 4 heteroatoms. The Morgan fingerprint density at radius 1 is 0.773 bits per heavy atom. The zero-order valence-electron chi connectivity index (χ0n) is 14.9. The number of ether oxygens (including phenoxy) is 1. The van der Waals surface area contributed by atoms with E-state index in [1.54, 1.807) is 0 Å². The van der Waals surface area contributed by atoms with E-state index >= 15 is 0 Å². The molecule has 22 heavy (non-hydrogen) atoms. The van der Waals surface area contributed by atoms with Crippen molar-refractivity contribution in [3.63, 3.8) is 0 Å². The largest absolute Gasteiger partial charge is 0.432 e. The van der Waals surface area contributed by atoms with Crippen molar-refractivity contribution in [2.24, 2.45) is 0 Å². The van der Waals surface area contributed by atoms with Gasteiger partial charge in [0.05, 0.1) is 6.23 Å². The van der Waals surface area contributed by atoms with E-state index in [0.29, 0.717) is 6.23 Å². The summed E-state index contributed by atoms with van der Waals surface area (Å²) in [5, 5.41) is 0. The predicted octanol–water partition coefficient (Wildman–Crippen LogP) is 5.28. The maximum absolute atomic E-state index is 9.75. The maximum Gasteiger partial charge on any atom is 0.197 e. The summed E-state index contributed by atoms with van der Waals surface area (Å²) in [6, 6.07) is 0.946. The Kier molecular flexibility index (Phi) is 20.0. The van der Waals surface area contributed by atoms with Crippen molar-refractivity contribution in [2.45, 2.75) is 96.4 Å². The van der Waals surface area contributed by atoms with Crippen LogP contribution in [0.4, 0.5) is 0 Å². The average molecular weight is 349 g/mol. The normalized spacial score (nSPS) is 12.7. The molecule has 0 aromatic heterocycles. The first-order chi connectivity index (χ1) is 10.8. The van der Waals surface area contributed by atoms with Gasteiger partial charge in [0.15, 0.2) is 9.04 Å². The van der Waals surface area contributed by atoms with Crippen molar-refractivity contribution in [2.75, 3.05) is 18.6 Å². The highest BCUT2D eigenvalue weighted by Crippen LogP contribution is 2.11. The van der Waals surface area contributed by atoms with Gasteiger partial charge in [0.25, 0.3) is 0 Å². The summed E-state index contributed by atoms with van der Waals surface area (Å²) >= 11 is 4.16. The third kappa shape index (κ3) is 18.5. The van der Waals surface area contributed by atoms with Gasteiger partial charge in [0, 0.05) is 6.61 Å². The molecule has 0 radical (unpaired) electrons. The van der Waals surface area contributed by atoms with E-state index in [2.05, 4.69) is 19.6 Å². The van der Waals surface area contributed by atoms with Gasteiger partial charge in [-0.15, -0.1) is 0 Å². The molecule has 0 aromatic carbocycles. The number of thiol groups is 1. The molecule has 0 aliphatic heterocycles. The van der Waals surface area contributed by atoms with Crippen molar-refractivity contribution >= 4 is 21.7 Å². The van der Waals surface area contributed by atoms with E-state index in [1.165, 1.54) is 70.6 Å². The van der Waals surface area contributed by atoms with Gasteiger partial charge in [-0.05, 0) is 24.6 Å². The molecule has 0 aliphatic rings. The van der Waals surface area contributed by atoms with Crippen LogP contribution in [-0.4, -0.2) is 32.4 Å². The molecule has 0 amide bonds. The molecule has 1 atom stereocenters. The smallest absolute Gasteiger partial charge is 0.197 e. The first kappa shape index (κ1) is 22.5. The fourth-order valence-corrected chi connectivity index (χ4v) is 4.48. The van der Waals surface area contributed by atoms with Crippen molar-refractivity contribution in [1.29, 1.82) is 0 Å². The molecule has 0 rings (SSSR count). The van der Waals surface area contributed by atoms with Crippen LogP contribution in [0.3, 0.4) is 0 Å². The van der Waals surface area contributed by atoms with Crippen molar-refractivity contribution in [3.8, 4) is 0 Å². The highest BCUT2D eigenvalue weighted by Gasteiger charge is 2.05. The summed E-state index contributed by atoms with van der Waals surface area (Å²) in [7, 11) is -1.58.